The third-order valence-corrected chi connectivity index (χ3v) is 10.7. The number of anilines is 3. The topological polar surface area (TPSA) is 38.9 Å². The molecule has 0 aliphatic carbocycles. The number of hydrogen-bond acceptors (Lipinski definition) is 3. The summed E-state index contributed by atoms with van der Waals surface area (Å²) in [5.74, 6) is 0.774. The van der Waals surface area contributed by atoms with E-state index in [1.165, 1.54) is 44.3 Å². The molecule has 1 aliphatic heterocycles. The highest BCUT2D eigenvalue weighted by molar-refractivity contribution is 6.13. The fourth-order valence-electron chi connectivity index (χ4n) is 8.51. The van der Waals surface area contributed by atoms with Gasteiger partial charge in [-0.25, -0.2) is 9.97 Å². The summed E-state index contributed by atoms with van der Waals surface area (Å²) >= 11 is 0. The monoisotopic (exact) mass is 645 g/mol. The van der Waals surface area contributed by atoms with Gasteiger partial charge >= 0.3 is 0 Å². The average molecular weight is 646 g/mol. The van der Waals surface area contributed by atoms with Gasteiger partial charge in [0.15, 0.2) is 0 Å². The Hall–Kier alpha value is -6.20. The molecule has 0 saturated carbocycles. The molecule has 5 nitrogen and oxygen atoms in total. The maximum absolute atomic E-state index is 4.98. The van der Waals surface area contributed by atoms with E-state index in [2.05, 4.69) is 174 Å². The largest absolute Gasteiger partial charge is 0.310 e. The molecule has 0 fully saturated rings. The molecule has 0 amide bonds. The summed E-state index contributed by atoms with van der Waals surface area (Å²) in [4.78, 5) is 12.2. The number of aryl methyl sites for hydroxylation is 2. The number of benzene rings is 6. The van der Waals surface area contributed by atoms with Gasteiger partial charge in [0.1, 0.15) is 11.5 Å². The fraction of sp³-hybridized carbons (Fsp3) is 0.111. The van der Waals surface area contributed by atoms with Crippen LogP contribution in [0.5, 0.6) is 0 Å². The van der Waals surface area contributed by atoms with Crippen molar-refractivity contribution in [2.75, 3.05) is 4.90 Å². The van der Waals surface area contributed by atoms with E-state index in [0.29, 0.717) is 0 Å². The Morgan fingerprint density at radius 3 is 1.80 bits per heavy atom. The van der Waals surface area contributed by atoms with Gasteiger partial charge in [-0.1, -0.05) is 86.6 Å². The Morgan fingerprint density at radius 2 is 1.06 bits per heavy atom. The second-order valence-corrected chi connectivity index (χ2v) is 14.0. The van der Waals surface area contributed by atoms with Crippen molar-refractivity contribution >= 4 is 60.8 Å². The highest BCUT2D eigenvalue weighted by Crippen LogP contribution is 2.52. The van der Waals surface area contributed by atoms with Gasteiger partial charge in [-0.15, -0.1) is 0 Å². The maximum Gasteiger partial charge on any atom is 0.149 e. The Kier molecular flexibility index (Phi) is 5.99. The van der Waals surface area contributed by atoms with Crippen LogP contribution >= 0.6 is 0 Å². The van der Waals surface area contributed by atoms with Crippen LogP contribution in [0.25, 0.3) is 55.1 Å². The molecule has 0 spiro atoms. The molecule has 50 heavy (non-hydrogen) atoms. The number of hydrogen-bond donors (Lipinski definition) is 0. The van der Waals surface area contributed by atoms with Crippen molar-refractivity contribution in [3.8, 4) is 11.4 Å². The molecular weight excluding hydrogens is 611 g/mol. The summed E-state index contributed by atoms with van der Waals surface area (Å²) in [6.45, 7) is 8.74. The Bertz CT molecular complexity index is 2770. The lowest BCUT2D eigenvalue weighted by atomic mass is 9.73. The van der Waals surface area contributed by atoms with Crippen LogP contribution in [-0.2, 0) is 5.41 Å². The van der Waals surface area contributed by atoms with E-state index >= 15 is 0 Å². The van der Waals surface area contributed by atoms with E-state index in [4.69, 9.17) is 9.97 Å². The average Bonchev–Trinajstić information content (AvgIpc) is 3.64. The minimum Gasteiger partial charge on any atom is -0.310 e. The van der Waals surface area contributed by atoms with E-state index in [0.717, 1.165) is 50.5 Å². The molecule has 0 unspecified atom stereocenters. The summed E-state index contributed by atoms with van der Waals surface area (Å²) in [6.07, 6.45) is 0. The number of para-hydroxylation sites is 4. The van der Waals surface area contributed by atoms with Crippen molar-refractivity contribution in [1.82, 2.24) is 19.1 Å². The first kappa shape index (κ1) is 28.8. The molecule has 240 valence electrons. The molecule has 0 saturated heterocycles. The summed E-state index contributed by atoms with van der Waals surface area (Å²) in [5.41, 5.74) is 13.8. The summed E-state index contributed by atoms with van der Waals surface area (Å²) in [7, 11) is 0. The van der Waals surface area contributed by atoms with Gasteiger partial charge in [-0.2, -0.15) is 0 Å². The van der Waals surface area contributed by atoms with Crippen LogP contribution in [0.4, 0.5) is 17.1 Å². The van der Waals surface area contributed by atoms with Crippen molar-refractivity contribution in [2.24, 2.45) is 0 Å². The lowest BCUT2D eigenvalue weighted by Crippen LogP contribution is -2.30. The highest BCUT2D eigenvalue weighted by atomic mass is 15.2. The molecule has 6 aromatic carbocycles. The summed E-state index contributed by atoms with van der Waals surface area (Å²) in [6, 6.07) is 50.7. The minimum atomic E-state index is -0.103. The van der Waals surface area contributed by atoms with Crippen molar-refractivity contribution in [3.05, 3.63) is 162 Å². The SMILES string of the molecule is Cc1nc(C)c2c3cc(-n4c5ccccc5c5cc(N6c7ccccc7C(C)(C)c7ccccc76)ccc54)ccc3n(-c3ccccc3)c2n1. The van der Waals surface area contributed by atoms with E-state index in [9.17, 15) is 0 Å². The third kappa shape index (κ3) is 3.95. The van der Waals surface area contributed by atoms with Gasteiger partial charge in [-0.05, 0) is 91.7 Å². The van der Waals surface area contributed by atoms with Gasteiger partial charge in [-0.3, -0.25) is 4.57 Å². The summed E-state index contributed by atoms with van der Waals surface area (Å²) < 4.78 is 4.68. The van der Waals surface area contributed by atoms with Gasteiger partial charge in [0.25, 0.3) is 0 Å². The minimum absolute atomic E-state index is 0.103. The molecule has 9 aromatic rings. The smallest absolute Gasteiger partial charge is 0.149 e. The molecule has 1 aliphatic rings. The van der Waals surface area contributed by atoms with Crippen LogP contribution < -0.4 is 4.90 Å². The van der Waals surface area contributed by atoms with E-state index in [1.54, 1.807) is 0 Å². The van der Waals surface area contributed by atoms with E-state index in [1.807, 2.05) is 6.92 Å². The highest BCUT2D eigenvalue weighted by Gasteiger charge is 2.36. The molecule has 5 heteroatoms. The van der Waals surface area contributed by atoms with Gasteiger partial charge in [0.2, 0.25) is 0 Å². The first-order chi connectivity index (χ1) is 24.4. The Balaban J connectivity index is 1.22. The van der Waals surface area contributed by atoms with Crippen LogP contribution in [-0.4, -0.2) is 19.1 Å². The van der Waals surface area contributed by atoms with Crippen LogP contribution in [0, 0.1) is 13.8 Å². The first-order valence-corrected chi connectivity index (χ1v) is 17.3. The molecule has 0 bridgehead atoms. The predicted octanol–water partition coefficient (Wildman–Crippen LogP) is 11.4. The Labute approximate surface area is 290 Å². The van der Waals surface area contributed by atoms with E-state index < -0.39 is 0 Å². The third-order valence-electron chi connectivity index (χ3n) is 10.7. The van der Waals surface area contributed by atoms with Crippen molar-refractivity contribution in [1.29, 1.82) is 0 Å². The van der Waals surface area contributed by atoms with E-state index in [-0.39, 0.29) is 5.41 Å². The van der Waals surface area contributed by atoms with Gasteiger partial charge < -0.3 is 9.47 Å². The molecule has 4 heterocycles. The molecular formula is C45H35N5. The molecule has 0 atom stereocenters. The molecule has 0 N–H and O–H groups in total. The second kappa shape index (κ2) is 10.4. The second-order valence-electron chi connectivity index (χ2n) is 14.0. The van der Waals surface area contributed by atoms with Crippen LogP contribution in [0.15, 0.2) is 140 Å². The predicted molar refractivity (Wildman–Crippen MR) is 207 cm³/mol. The summed E-state index contributed by atoms with van der Waals surface area (Å²) in [5, 5.41) is 4.68. The maximum atomic E-state index is 4.98. The quantitative estimate of drug-likeness (QED) is 0.192. The standard InChI is InChI=1S/C45H35N5/c1-28-43-35-27-32(23-25-40(35)50(30-14-6-5-7-15-30)44(43)47-29(2)46-28)48-38-19-11-8-16-33(38)34-26-31(22-24-39(34)48)49-41-20-12-9-17-36(41)45(3,4)37-18-10-13-21-42(37)49/h5-27H,1-4H3. The van der Waals surface area contributed by atoms with Crippen LogP contribution in [0.1, 0.15) is 36.5 Å². The number of aromatic nitrogens is 4. The molecule has 10 rings (SSSR count). The van der Waals surface area contributed by atoms with Crippen LogP contribution in [0.3, 0.4) is 0 Å². The van der Waals surface area contributed by atoms with Crippen molar-refractivity contribution in [2.45, 2.75) is 33.1 Å². The van der Waals surface area contributed by atoms with Crippen molar-refractivity contribution in [3.63, 3.8) is 0 Å². The number of nitrogens with zero attached hydrogens (tertiary/aromatic N) is 5. The number of rotatable bonds is 3. The zero-order valence-electron chi connectivity index (χ0n) is 28.5. The fourth-order valence-corrected chi connectivity index (χ4v) is 8.51. The zero-order chi connectivity index (χ0) is 33.7. The molecule has 0 radical (unpaired) electrons. The first-order valence-electron chi connectivity index (χ1n) is 17.3. The molecule has 3 aromatic heterocycles. The lowest BCUT2D eigenvalue weighted by Gasteiger charge is -2.42. The normalized spacial score (nSPS) is 13.7. The van der Waals surface area contributed by atoms with Gasteiger partial charge in [0, 0.05) is 44.0 Å². The van der Waals surface area contributed by atoms with Crippen molar-refractivity contribution < 1.29 is 0 Å². The zero-order valence-corrected chi connectivity index (χ0v) is 28.5. The Morgan fingerprint density at radius 1 is 0.480 bits per heavy atom. The van der Waals surface area contributed by atoms with Crippen LogP contribution in [0.2, 0.25) is 0 Å². The van der Waals surface area contributed by atoms with Gasteiger partial charge in [0.05, 0.1) is 33.6 Å². The number of fused-ring (bicyclic) bond motifs is 8. The lowest BCUT2D eigenvalue weighted by molar-refractivity contribution is 0.632.